The van der Waals surface area contributed by atoms with E-state index in [2.05, 4.69) is 10.3 Å². The fourth-order valence-electron chi connectivity index (χ4n) is 1.62. The van der Waals surface area contributed by atoms with Crippen molar-refractivity contribution in [3.05, 3.63) is 41.0 Å². The van der Waals surface area contributed by atoms with Gasteiger partial charge in [-0.15, -0.1) is 0 Å². The van der Waals surface area contributed by atoms with Crippen LogP contribution in [0.15, 0.2) is 30.5 Å². The largest absolute Gasteiger partial charge is 0.383 e. The second-order valence-corrected chi connectivity index (χ2v) is 4.19. The number of ether oxygens (including phenoxy) is 1. The minimum atomic E-state index is -0.165. The van der Waals surface area contributed by atoms with Gasteiger partial charge in [-0.1, -0.05) is 23.7 Å². The highest BCUT2D eigenvalue weighted by Crippen LogP contribution is 2.21. The van der Waals surface area contributed by atoms with Crippen LogP contribution in [-0.4, -0.2) is 31.2 Å². The lowest BCUT2D eigenvalue weighted by molar-refractivity contribution is 0.0937. The molecule has 0 aliphatic rings. The van der Waals surface area contributed by atoms with Crippen LogP contribution in [0.5, 0.6) is 0 Å². The fourth-order valence-corrected chi connectivity index (χ4v) is 1.85. The number of hydrogen-bond acceptors (Lipinski definition) is 3. The summed E-state index contributed by atoms with van der Waals surface area (Å²) < 4.78 is 4.87. The van der Waals surface area contributed by atoms with E-state index in [4.69, 9.17) is 16.3 Å². The molecule has 0 bridgehead atoms. The molecule has 94 valence electrons. The molecule has 1 heterocycles. The quantitative estimate of drug-likeness (QED) is 0.862. The molecule has 1 N–H and O–H groups in total. The third-order valence-electron chi connectivity index (χ3n) is 2.52. The molecule has 1 aromatic carbocycles. The summed E-state index contributed by atoms with van der Waals surface area (Å²) in [6.45, 7) is 0.960. The standard InChI is InChI=1S/C13H13ClN2O2/c1-18-6-5-15-13(17)10-7-9-3-2-4-11(14)12(9)16-8-10/h2-4,7-8H,5-6H2,1H3,(H,15,17). The van der Waals surface area contributed by atoms with E-state index in [1.165, 1.54) is 6.20 Å². The van der Waals surface area contributed by atoms with E-state index in [9.17, 15) is 4.79 Å². The second-order valence-electron chi connectivity index (χ2n) is 3.78. The Balaban J connectivity index is 2.22. The SMILES string of the molecule is COCCNC(=O)c1cnc2c(Cl)cccc2c1. The van der Waals surface area contributed by atoms with E-state index < -0.39 is 0 Å². The normalized spacial score (nSPS) is 10.6. The molecule has 0 saturated carbocycles. The lowest BCUT2D eigenvalue weighted by Crippen LogP contribution is -2.26. The number of benzene rings is 1. The van der Waals surface area contributed by atoms with Crippen LogP contribution in [0.25, 0.3) is 10.9 Å². The predicted octanol–water partition coefficient (Wildman–Crippen LogP) is 2.26. The van der Waals surface area contributed by atoms with Crippen LogP contribution in [-0.2, 0) is 4.74 Å². The summed E-state index contributed by atoms with van der Waals surface area (Å²) in [6, 6.07) is 7.25. The van der Waals surface area contributed by atoms with Crippen molar-refractivity contribution in [1.29, 1.82) is 0 Å². The zero-order valence-corrected chi connectivity index (χ0v) is 10.7. The van der Waals surface area contributed by atoms with Crippen molar-refractivity contribution in [3.8, 4) is 0 Å². The number of aromatic nitrogens is 1. The Bertz CT molecular complexity index is 572. The summed E-state index contributed by atoms with van der Waals surface area (Å²) in [4.78, 5) is 16.0. The van der Waals surface area contributed by atoms with E-state index in [0.29, 0.717) is 29.3 Å². The van der Waals surface area contributed by atoms with Crippen molar-refractivity contribution in [3.63, 3.8) is 0 Å². The van der Waals surface area contributed by atoms with Crippen LogP contribution in [0.2, 0.25) is 5.02 Å². The van der Waals surface area contributed by atoms with Crippen LogP contribution in [0, 0.1) is 0 Å². The molecule has 0 aliphatic carbocycles. The highest BCUT2D eigenvalue weighted by atomic mass is 35.5. The first kappa shape index (κ1) is 12.8. The highest BCUT2D eigenvalue weighted by Gasteiger charge is 2.07. The summed E-state index contributed by atoms with van der Waals surface area (Å²) in [5, 5.41) is 4.17. The zero-order chi connectivity index (χ0) is 13.0. The summed E-state index contributed by atoms with van der Waals surface area (Å²) in [6.07, 6.45) is 1.52. The lowest BCUT2D eigenvalue weighted by atomic mass is 10.1. The summed E-state index contributed by atoms with van der Waals surface area (Å²) >= 11 is 6.01. The molecule has 4 nitrogen and oxygen atoms in total. The molecule has 0 spiro atoms. The van der Waals surface area contributed by atoms with Crippen molar-refractivity contribution in [1.82, 2.24) is 10.3 Å². The smallest absolute Gasteiger partial charge is 0.252 e. The Hall–Kier alpha value is -1.65. The number of fused-ring (bicyclic) bond motifs is 1. The van der Waals surface area contributed by atoms with Crippen LogP contribution in [0.1, 0.15) is 10.4 Å². The van der Waals surface area contributed by atoms with Crippen LogP contribution in [0.4, 0.5) is 0 Å². The predicted molar refractivity (Wildman–Crippen MR) is 71.0 cm³/mol. The Morgan fingerprint density at radius 3 is 3.11 bits per heavy atom. The van der Waals surface area contributed by atoms with E-state index in [1.54, 1.807) is 19.2 Å². The molecule has 1 aromatic heterocycles. The molecular weight excluding hydrogens is 252 g/mol. The van der Waals surface area contributed by atoms with Crippen molar-refractivity contribution in [2.45, 2.75) is 0 Å². The van der Waals surface area contributed by atoms with E-state index in [0.717, 1.165) is 5.39 Å². The lowest BCUT2D eigenvalue weighted by Gasteiger charge is -2.05. The Kier molecular flexibility index (Phi) is 4.12. The number of rotatable bonds is 4. The maximum Gasteiger partial charge on any atom is 0.252 e. The molecular formula is C13H13ClN2O2. The molecule has 0 radical (unpaired) electrons. The number of carbonyl (C=O) groups excluding carboxylic acids is 1. The van der Waals surface area contributed by atoms with Crippen LogP contribution < -0.4 is 5.32 Å². The highest BCUT2D eigenvalue weighted by molar-refractivity contribution is 6.35. The fraction of sp³-hybridized carbons (Fsp3) is 0.231. The number of nitrogens with one attached hydrogen (secondary N) is 1. The van der Waals surface area contributed by atoms with Crippen LogP contribution in [0.3, 0.4) is 0 Å². The van der Waals surface area contributed by atoms with Gasteiger partial charge in [-0.05, 0) is 12.1 Å². The molecule has 5 heteroatoms. The first-order valence-corrected chi connectivity index (χ1v) is 5.91. The van der Waals surface area contributed by atoms with Gasteiger partial charge in [-0.3, -0.25) is 9.78 Å². The molecule has 0 fully saturated rings. The van der Waals surface area contributed by atoms with Gasteiger partial charge in [0.2, 0.25) is 0 Å². The molecule has 2 aromatic rings. The van der Waals surface area contributed by atoms with Crippen molar-refractivity contribution >= 4 is 28.4 Å². The van der Waals surface area contributed by atoms with Gasteiger partial charge in [-0.25, -0.2) is 0 Å². The number of hydrogen-bond donors (Lipinski definition) is 1. The van der Waals surface area contributed by atoms with Crippen molar-refractivity contribution < 1.29 is 9.53 Å². The van der Waals surface area contributed by atoms with Gasteiger partial charge in [0.25, 0.3) is 5.91 Å². The zero-order valence-electron chi connectivity index (χ0n) is 9.94. The Labute approximate surface area is 110 Å². The number of nitrogens with zero attached hydrogens (tertiary/aromatic N) is 1. The van der Waals surface area contributed by atoms with Crippen molar-refractivity contribution in [2.24, 2.45) is 0 Å². The maximum atomic E-state index is 11.8. The minimum Gasteiger partial charge on any atom is -0.383 e. The molecule has 0 saturated heterocycles. The average Bonchev–Trinajstić information content (AvgIpc) is 2.39. The van der Waals surface area contributed by atoms with Gasteiger partial charge in [0.15, 0.2) is 0 Å². The van der Waals surface area contributed by atoms with E-state index >= 15 is 0 Å². The summed E-state index contributed by atoms with van der Waals surface area (Å²) in [5.74, 6) is -0.165. The third kappa shape index (κ3) is 2.78. The molecule has 1 amide bonds. The van der Waals surface area contributed by atoms with E-state index in [-0.39, 0.29) is 5.91 Å². The van der Waals surface area contributed by atoms with Gasteiger partial charge >= 0.3 is 0 Å². The van der Waals surface area contributed by atoms with Gasteiger partial charge in [0.1, 0.15) is 0 Å². The van der Waals surface area contributed by atoms with Crippen molar-refractivity contribution in [2.75, 3.05) is 20.3 Å². The molecule has 0 aliphatic heterocycles. The number of para-hydroxylation sites is 1. The summed E-state index contributed by atoms with van der Waals surface area (Å²) in [5.41, 5.74) is 1.22. The van der Waals surface area contributed by atoms with Gasteiger partial charge < -0.3 is 10.1 Å². The molecule has 18 heavy (non-hydrogen) atoms. The molecule has 0 unspecified atom stereocenters. The maximum absolute atomic E-state index is 11.8. The average molecular weight is 265 g/mol. The molecule has 0 atom stereocenters. The van der Waals surface area contributed by atoms with E-state index in [1.807, 2.05) is 12.1 Å². The number of amides is 1. The number of halogens is 1. The minimum absolute atomic E-state index is 0.165. The third-order valence-corrected chi connectivity index (χ3v) is 2.82. The first-order chi connectivity index (χ1) is 8.72. The topological polar surface area (TPSA) is 51.2 Å². The van der Waals surface area contributed by atoms with Crippen LogP contribution >= 0.6 is 11.6 Å². The Morgan fingerprint density at radius 2 is 2.33 bits per heavy atom. The first-order valence-electron chi connectivity index (χ1n) is 5.54. The molecule has 2 rings (SSSR count). The van der Waals surface area contributed by atoms with Gasteiger partial charge in [-0.2, -0.15) is 0 Å². The Morgan fingerprint density at radius 1 is 1.50 bits per heavy atom. The van der Waals surface area contributed by atoms with Gasteiger partial charge in [0.05, 0.1) is 22.7 Å². The number of methoxy groups -OCH3 is 1. The summed E-state index contributed by atoms with van der Waals surface area (Å²) in [7, 11) is 1.59. The number of pyridine rings is 1. The second kappa shape index (κ2) is 5.80. The van der Waals surface area contributed by atoms with Gasteiger partial charge in [0, 0.05) is 25.2 Å². The number of carbonyl (C=O) groups is 1. The monoisotopic (exact) mass is 264 g/mol.